The SMILES string of the molecule is c1ccc(-c2cnc(-c3cccc(C4(c5ccc6c(c5)c5ncccc5n5c7ccccc7nc65)c5ccccc5-c5ccccc54)c3)cc2-c2ccccc2)cc1. The zero-order valence-corrected chi connectivity index (χ0v) is 31.4. The molecule has 0 N–H and O–H groups in total. The molecule has 0 spiro atoms. The first-order valence-corrected chi connectivity index (χ1v) is 19.8. The molecular formula is C54H34N4. The van der Waals surface area contributed by atoms with Gasteiger partial charge in [0, 0.05) is 34.3 Å². The minimum atomic E-state index is -0.628. The Labute approximate surface area is 335 Å². The molecule has 270 valence electrons. The van der Waals surface area contributed by atoms with Crippen LogP contribution in [0.1, 0.15) is 22.3 Å². The molecule has 7 aromatic carbocycles. The Morgan fingerprint density at radius 1 is 0.414 bits per heavy atom. The Morgan fingerprint density at radius 3 is 1.83 bits per heavy atom. The van der Waals surface area contributed by atoms with E-state index in [2.05, 4.69) is 192 Å². The summed E-state index contributed by atoms with van der Waals surface area (Å²) < 4.78 is 2.26. The van der Waals surface area contributed by atoms with Crippen molar-refractivity contribution in [3.05, 3.63) is 229 Å². The summed E-state index contributed by atoms with van der Waals surface area (Å²) in [6.07, 6.45) is 3.94. The molecule has 12 rings (SSSR count). The molecule has 4 heterocycles. The summed E-state index contributed by atoms with van der Waals surface area (Å²) in [6, 6.07) is 69.9. The minimum absolute atomic E-state index is 0.628. The Hall–Kier alpha value is -7.69. The quantitative estimate of drug-likeness (QED) is 0.165. The number of nitrogens with zero attached hydrogens (tertiary/aromatic N) is 4. The van der Waals surface area contributed by atoms with E-state index in [1.165, 1.54) is 33.4 Å². The van der Waals surface area contributed by atoms with Crippen molar-refractivity contribution in [2.75, 3.05) is 0 Å². The van der Waals surface area contributed by atoms with Crippen molar-refractivity contribution < 1.29 is 0 Å². The molecule has 4 nitrogen and oxygen atoms in total. The number of para-hydroxylation sites is 2. The van der Waals surface area contributed by atoms with Crippen molar-refractivity contribution in [1.82, 2.24) is 19.4 Å². The van der Waals surface area contributed by atoms with Gasteiger partial charge in [-0.2, -0.15) is 0 Å². The predicted octanol–water partition coefficient (Wildman–Crippen LogP) is 12.9. The van der Waals surface area contributed by atoms with E-state index >= 15 is 0 Å². The van der Waals surface area contributed by atoms with Gasteiger partial charge in [0.2, 0.25) is 0 Å². The van der Waals surface area contributed by atoms with Gasteiger partial charge in [0.15, 0.2) is 0 Å². The number of aromatic nitrogens is 4. The van der Waals surface area contributed by atoms with Gasteiger partial charge >= 0.3 is 0 Å². The van der Waals surface area contributed by atoms with Crippen LogP contribution in [-0.4, -0.2) is 19.4 Å². The van der Waals surface area contributed by atoms with E-state index < -0.39 is 5.41 Å². The summed E-state index contributed by atoms with van der Waals surface area (Å²) in [4.78, 5) is 15.4. The van der Waals surface area contributed by atoms with Crippen LogP contribution in [-0.2, 0) is 5.41 Å². The number of hydrogen-bond acceptors (Lipinski definition) is 3. The lowest BCUT2D eigenvalue weighted by Gasteiger charge is -2.34. The van der Waals surface area contributed by atoms with Crippen LogP contribution in [0.3, 0.4) is 0 Å². The van der Waals surface area contributed by atoms with Gasteiger partial charge in [-0.1, -0.05) is 152 Å². The zero-order chi connectivity index (χ0) is 38.2. The molecule has 1 aliphatic carbocycles. The van der Waals surface area contributed by atoms with Gasteiger partial charge in [0.05, 0.1) is 33.2 Å². The highest BCUT2D eigenvalue weighted by atomic mass is 15.0. The first-order valence-electron chi connectivity index (χ1n) is 19.8. The van der Waals surface area contributed by atoms with Gasteiger partial charge in [-0.3, -0.25) is 14.4 Å². The summed E-state index contributed by atoms with van der Waals surface area (Å²) in [5.74, 6) is 0. The molecule has 4 aromatic heterocycles. The van der Waals surface area contributed by atoms with Crippen LogP contribution in [0, 0.1) is 0 Å². The monoisotopic (exact) mass is 738 g/mol. The van der Waals surface area contributed by atoms with Crippen molar-refractivity contribution >= 4 is 38.5 Å². The van der Waals surface area contributed by atoms with Gasteiger partial charge in [-0.05, 0) is 92.5 Å². The maximum Gasteiger partial charge on any atom is 0.146 e. The number of pyridine rings is 3. The molecule has 0 bridgehead atoms. The second-order valence-electron chi connectivity index (χ2n) is 15.2. The molecule has 0 atom stereocenters. The van der Waals surface area contributed by atoms with Crippen LogP contribution >= 0.6 is 0 Å². The average molecular weight is 739 g/mol. The standard InChI is InChI=1S/C54H34N4/c1-3-15-35(16-4-1)43-33-49(56-34-45(43)36-17-5-2-6-18-36)37-19-13-20-38(31-37)54(46-23-9-7-21-40(46)41-22-8-10-24-47(41)54)39-28-29-42-44(32-39)52-51(27-14-30-55-52)58-50-26-12-11-25-48(50)57-53(42)58/h1-34H. The topological polar surface area (TPSA) is 43.1 Å². The number of benzene rings is 7. The Bertz CT molecular complexity index is 3360. The number of fused-ring (bicyclic) bond motifs is 11. The summed E-state index contributed by atoms with van der Waals surface area (Å²) in [7, 11) is 0. The van der Waals surface area contributed by atoms with Gasteiger partial charge in [-0.25, -0.2) is 4.98 Å². The van der Waals surface area contributed by atoms with Crippen molar-refractivity contribution in [3.8, 4) is 44.6 Å². The molecule has 0 aliphatic heterocycles. The van der Waals surface area contributed by atoms with Crippen molar-refractivity contribution in [2.24, 2.45) is 0 Å². The maximum atomic E-state index is 5.20. The molecule has 0 fully saturated rings. The van der Waals surface area contributed by atoms with E-state index in [4.69, 9.17) is 15.0 Å². The summed E-state index contributed by atoms with van der Waals surface area (Å²) in [5.41, 5.74) is 18.3. The largest absolute Gasteiger partial charge is 0.290 e. The first-order chi connectivity index (χ1) is 28.8. The van der Waals surface area contributed by atoms with E-state index in [9.17, 15) is 0 Å². The molecule has 11 aromatic rings. The molecule has 4 heteroatoms. The summed E-state index contributed by atoms with van der Waals surface area (Å²) >= 11 is 0. The van der Waals surface area contributed by atoms with Crippen LogP contribution in [0.15, 0.2) is 207 Å². The third-order valence-corrected chi connectivity index (χ3v) is 12.2. The van der Waals surface area contributed by atoms with Gasteiger partial charge in [-0.15, -0.1) is 0 Å². The summed E-state index contributed by atoms with van der Waals surface area (Å²) in [5, 5.41) is 2.16. The van der Waals surface area contributed by atoms with Gasteiger partial charge in [0.1, 0.15) is 5.65 Å². The normalized spacial score (nSPS) is 13.0. The van der Waals surface area contributed by atoms with Crippen LogP contribution in [0.4, 0.5) is 0 Å². The highest BCUT2D eigenvalue weighted by Gasteiger charge is 2.46. The molecule has 58 heavy (non-hydrogen) atoms. The Kier molecular flexibility index (Phi) is 7.11. The van der Waals surface area contributed by atoms with E-state index in [0.717, 1.165) is 72.0 Å². The average Bonchev–Trinajstić information content (AvgIpc) is 3.84. The summed E-state index contributed by atoms with van der Waals surface area (Å²) in [6.45, 7) is 0. The smallest absolute Gasteiger partial charge is 0.146 e. The fourth-order valence-corrected chi connectivity index (χ4v) is 9.66. The van der Waals surface area contributed by atoms with Crippen LogP contribution in [0.5, 0.6) is 0 Å². The van der Waals surface area contributed by atoms with Crippen LogP contribution < -0.4 is 0 Å². The Balaban J connectivity index is 1.13. The molecule has 0 radical (unpaired) electrons. The minimum Gasteiger partial charge on any atom is -0.290 e. The molecule has 0 saturated carbocycles. The highest BCUT2D eigenvalue weighted by molar-refractivity contribution is 6.12. The molecule has 0 amide bonds. The van der Waals surface area contributed by atoms with E-state index in [0.29, 0.717) is 0 Å². The first kappa shape index (κ1) is 32.5. The van der Waals surface area contributed by atoms with Crippen molar-refractivity contribution in [1.29, 1.82) is 0 Å². The van der Waals surface area contributed by atoms with Crippen molar-refractivity contribution in [3.63, 3.8) is 0 Å². The fraction of sp³-hybridized carbons (Fsp3) is 0.0185. The number of imidazole rings is 1. The maximum absolute atomic E-state index is 5.20. The van der Waals surface area contributed by atoms with Crippen molar-refractivity contribution in [2.45, 2.75) is 5.41 Å². The second kappa shape index (κ2) is 12.7. The third-order valence-electron chi connectivity index (χ3n) is 12.2. The Morgan fingerprint density at radius 2 is 1.05 bits per heavy atom. The van der Waals surface area contributed by atoms with Crippen LogP contribution in [0.25, 0.3) is 83.1 Å². The lowest BCUT2D eigenvalue weighted by molar-refractivity contribution is 0.770. The van der Waals surface area contributed by atoms with Gasteiger partial charge in [0.25, 0.3) is 0 Å². The second-order valence-corrected chi connectivity index (χ2v) is 15.2. The number of hydrogen-bond donors (Lipinski definition) is 0. The van der Waals surface area contributed by atoms with E-state index in [1.807, 2.05) is 18.5 Å². The van der Waals surface area contributed by atoms with Crippen LogP contribution in [0.2, 0.25) is 0 Å². The molecule has 0 saturated heterocycles. The number of rotatable bonds is 5. The lowest BCUT2D eigenvalue weighted by atomic mass is 9.67. The lowest BCUT2D eigenvalue weighted by Crippen LogP contribution is -2.28. The predicted molar refractivity (Wildman–Crippen MR) is 237 cm³/mol. The third kappa shape index (κ3) is 4.66. The zero-order valence-electron chi connectivity index (χ0n) is 31.4. The highest BCUT2D eigenvalue weighted by Crippen LogP contribution is 2.57. The van der Waals surface area contributed by atoms with E-state index in [-0.39, 0.29) is 0 Å². The molecular weight excluding hydrogens is 705 g/mol. The molecule has 0 unspecified atom stereocenters. The van der Waals surface area contributed by atoms with E-state index in [1.54, 1.807) is 0 Å². The molecule has 1 aliphatic rings. The van der Waals surface area contributed by atoms with Gasteiger partial charge < -0.3 is 0 Å². The fourth-order valence-electron chi connectivity index (χ4n) is 9.66.